The first-order valence-electron chi connectivity index (χ1n) is 8.03. The van der Waals surface area contributed by atoms with Crippen LogP contribution in [0.15, 0.2) is 17.4 Å². The van der Waals surface area contributed by atoms with E-state index in [0.717, 1.165) is 11.3 Å². The Balaban J connectivity index is 2.08. The van der Waals surface area contributed by atoms with Crippen molar-refractivity contribution in [3.05, 3.63) is 38.6 Å². The third-order valence-corrected chi connectivity index (χ3v) is 5.91. The van der Waals surface area contributed by atoms with E-state index < -0.39 is 5.91 Å². The van der Waals surface area contributed by atoms with Gasteiger partial charge in [-0.25, -0.2) is 9.97 Å². The Hall–Kier alpha value is -1.53. The van der Waals surface area contributed by atoms with E-state index in [0.29, 0.717) is 5.92 Å². The van der Waals surface area contributed by atoms with Crippen LogP contribution in [0.1, 0.15) is 54.7 Å². The summed E-state index contributed by atoms with van der Waals surface area (Å²) in [5.41, 5.74) is 1.30. The van der Waals surface area contributed by atoms with Crippen LogP contribution in [0, 0.1) is 12.8 Å². The minimum atomic E-state index is -0.445. The Kier molecular flexibility index (Phi) is 4.62. The van der Waals surface area contributed by atoms with E-state index in [2.05, 4.69) is 47.2 Å². The van der Waals surface area contributed by atoms with Gasteiger partial charge in [-0.1, -0.05) is 32.4 Å². The van der Waals surface area contributed by atoms with Gasteiger partial charge in [-0.15, -0.1) is 11.3 Å². The molecule has 1 fully saturated rings. The molecule has 1 aliphatic rings. The number of thiazole rings is 1. The molecule has 128 valence electrons. The average molecular weight is 365 g/mol. The van der Waals surface area contributed by atoms with Crippen LogP contribution in [0.3, 0.4) is 0 Å². The molecule has 5 nitrogen and oxygen atoms in total. The van der Waals surface area contributed by atoms with E-state index >= 15 is 0 Å². The minimum absolute atomic E-state index is 0.0149. The highest BCUT2D eigenvalue weighted by atomic mass is 35.5. The van der Waals surface area contributed by atoms with Crippen LogP contribution in [0.4, 0.5) is 0 Å². The maximum absolute atomic E-state index is 12.5. The molecule has 0 aromatic carbocycles. The Morgan fingerprint density at radius 3 is 2.62 bits per heavy atom. The first kappa shape index (κ1) is 17.3. The van der Waals surface area contributed by atoms with Gasteiger partial charge in [-0.3, -0.25) is 4.79 Å². The first-order valence-corrected chi connectivity index (χ1v) is 9.23. The van der Waals surface area contributed by atoms with Crippen molar-refractivity contribution in [1.29, 1.82) is 0 Å². The predicted molar refractivity (Wildman–Crippen MR) is 95.4 cm³/mol. The summed E-state index contributed by atoms with van der Waals surface area (Å²) in [6, 6.07) is 0. The van der Waals surface area contributed by atoms with Gasteiger partial charge >= 0.3 is 5.91 Å². The first-order chi connectivity index (χ1) is 11.3. The molecule has 0 spiro atoms. The van der Waals surface area contributed by atoms with E-state index in [1.165, 1.54) is 35.8 Å². The number of rotatable bonds is 3. The quantitative estimate of drug-likeness (QED) is 0.833. The summed E-state index contributed by atoms with van der Waals surface area (Å²) < 4.78 is 2.17. The van der Waals surface area contributed by atoms with Crippen molar-refractivity contribution >= 4 is 28.8 Å². The molecule has 0 N–H and O–H groups in total. The van der Waals surface area contributed by atoms with Crippen molar-refractivity contribution in [3.8, 4) is 0 Å². The van der Waals surface area contributed by atoms with Gasteiger partial charge in [0.2, 0.25) is 0 Å². The second-order valence-corrected chi connectivity index (χ2v) is 8.55. The summed E-state index contributed by atoms with van der Waals surface area (Å²) in [7, 11) is 0. The van der Waals surface area contributed by atoms with E-state index in [-0.39, 0.29) is 16.3 Å². The fourth-order valence-electron chi connectivity index (χ4n) is 2.64. The molecule has 2 heterocycles. The van der Waals surface area contributed by atoms with Crippen LogP contribution < -0.4 is 4.80 Å². The minimum Gasteiger partial charge on any atom is -0.320 e. The van der Waals surface area contributed by atoms with Crippen molar-refractivity contribution in [2.45, 2.75) is 52.5 Å². The highest BCUT2D eigenvalue weighted by Crippen LogP contribution is 2.33. The number of halogens is 1. The van der Waals surface area contributed by atoms with E-state index in [4.69, 9.17) is 11.6 Å². The third-order valence-electron chi connectivity index (χ3n) is 4.03. The molecule has 1 amide bonds. The molecular weight excluding hydrogens is 344 g/mol. The van der Waals surface area contributed by atoms with Crippen LogP contribution in [0.25, 0.3) is 0 Å². The van der Waals surface area contributed by atoms with Gasteiger partial charge in [0.05, 0.1) is 0 Å². The highest BCUT2D eigenvalue weighted by molar-refractivity contribution is 7.09. The lowest BCUT2D eigenvalue weighted by Gasteiger charge is -2.17. The Morgan fingerprint density at radius 1 is 1.38 bits per heavy atom. The number of aromatic nitrogens is 3. The van der Waals surface area contributed by atoms with Crippen molar-refractivity contribution in [3.63, 3.8) is 0 Å². The standard InChI is InChI=1S/C17H21ClN4OS/c1-10-13(17(2,3)4)24-16(22(10)9-11-5-6-11)21-15(23)12-14(18)20-8-7-19-12/h7-8,11H,5-6,9H2,1-4H3. The number of carbonyl (C=O) groups excluding carboxylic acids is 1. The molecule has 1 saturated carbocycles. The topological polar surface area (TPSA) is 60.1 Å². The van der Waals surface area contributed by atoms with E-state index in [9.17, 15) is 4.79 Å². The van der Waals surface area contributed by atoms with Gasteiger partial charge in [0.25, 0.3) is 0 Å². The molecular formula is C17H21ClN4OS. The van der Waals surface area contributed by atoms with Gasteiger partial charge in [0.1, 0.15) is 0 Å². The van der Waals surface area contributed by atoms with Crippen LogP contribution in [-0.2, 0) is 12.0 Å². The molecule has 3 rings (SSSR count). The zero-order chi connectivity index (χ0) is 17.5. The van der Waals surface area contributed by atoms with Gasteiger partial charge in [0.15, 0.2) is 15.6 Å². The van der Waals surface area contributed by atoms with Crippen molar-refractivity contribution in [2.75, 3.05) is 0 Å². The summed E-state index contributed by atoms with van der Waals surface area (Å²) in [5, 5.41) is 0.0873. The lowest BCUT2D eigenvalue weighted by molar-refractivity contribution is 0.0992. The normalized spacial score (nSPS) is 15.8. The van der Waals surface area contributed by atoms with Crippen molar-refractivity contribution in [1.82, 2.24) is 14.5 Å². The predicted octanol–water partition coefficient (Wildman–Crippen LogP) is 3.75. The monoisotopic (exact) mass is 364 g/mol. The van der Waals surface area contributed by atoms with E-state index in [1.807, 2.05) is 0 Å². The Labute approximate surface area is 150 Å². The summed E-state index contributed by atoms with van der Waals surface area (Å²) in [6.07, 6.45) is 5.40. The lowest BCUT2D eigenvalue weighted by atomic mass is 9.93. The number of carbonyl (C=O) groups is 1. The summed E-state index contributed by atoms with van der Waals surface area (Å²) >= 11 is 7.55. The highest BCUT2D eigenvalue weighted by Gasteiger charge is 2.27. The zero-order valence-corrected chi connectivity index (χ0v) is 15.9. The van der Waals surface area contributed by atoms with Crippen LogP contribution >= 0.6 is 22.9 Å². The molecule has 2 aromatic heterocycles. The van der Waals surface area contributed by atoms with Gasteiger partial charge in [-0.05, 0) is 31.1 Å². The number of amides is 1. The molecule has 0 unspecified atom stereocenters. The second-order valence-electron chi connectivity index (χ2n) is 7.22. The fourth-order valence-corrected chi connectivity index (χ4v) is 4.03. The Morgan fingerprint density at radius 2 is 2.04 bits per heavy atom. The maximum atomic E-state index is 12.5. The fraction of sp³-hybridized carbons (Fsp3) is 0.529. The SMILES string of the molecule is Cc1c(C(C)(C)C)sc(=NC(=O)c2nccnc2Cl)n1CC1CC1. The summed E-state index contributed by atoms with van der Waals surface area (Å²) in [4.78, 5) is 26.7. The molecule has 0 atom stereocenters. The second kappa shape index (κ2) is 6.41. The lowest BCUT2D eigenvalue weighted by Crippen LogP contribution is -2.20. The largest absolute Gasteiger partial charge is 0.320 e. The van der Waals surface area contributed by atoms with Crippen LogP contribution in [-0.4, -0.2) is 20.4 Å². The van der Waals surface area contributed by atoms with Gasteiger partial charge in [-0.2, -0.15) is 4.99 Å². The molecule has 0 aliphatic heterocycles. The smallest absolute Gasteiger partial charge is 0.301 e. The number of hydrogen-bond acceptors (Lipinski definition) is 4. The zero-order valence-electron chi connectivity index (χ0n) is 14.3. The summed E-state index contributed by atoms with van der Waals surface area (Å²) in [5.74, 6) is 0.250. The molecule has 1 aliphatic carbocycles. The molecule has 2 aromatic rings. The van der Waals surface area contributed by atoms with Crippen molar-refractivity contribution < 1.29 is 4.79 Å². The molecule has 24 heavy (non-hydrogen) atoms. The summed E-state index contributed by atoms with van der Waals surface area (Å²) in [6.45, 7) is 9.56. The Bertz CT molecular complexity index is 843. The molecule has 0 saturated heterocycles. The van der Waals surface area contributed by atoms with Crippen LogP contribution in [0.2, 0.25) is 5.15 Å². The number of nitrogens with zero attached hydrogens (tertiary/aromatic N) is 4. The van der Waals surface area contributed by atoms with Gasteiger partial charge in [0, 0.05) is 29.5 Å². The van der Waals surface area contributed by atoms with Gasteiger partial charge < -0.3 is 4.57 Å². The van der Waals surface area contributed by atoms with E-state index in [1.54, 1.807) is 11.3 Å². The van der Waals surface area contributed by atoms with Crippen molar-refractivity contribution in [2.24, 2.45) is 10.9 Å². The average Bonchev–Trinajstić information content (AvgIpc) is 3.26. The molecule has 7 heteroatoms. The maximum Gasteiger partial charge on any atom is 0.301 e. The molecule has 0 bridgehead atoms. The third kappa shape index (κ3) is 3.59. The molecule has 0 radical (unpaired) electrons. The van der Waals surface area contributed by atoms with Crippen LogP contribution in [0.5, 0.6) is 0 Å². The number of hydrogen-bond donors (Lipinski definition) is 0.